The number of hydrogen-bond acceptors (Lipinski definition) is 4. The molecule has 5 heteroatoms. The standard InChI is InChI=1S/C18H21NO4/c1-4-19(18(20)10-8-15-6-5-11-23-15)13-14-7-9-16(21-2)17(12-14)22-3/h5-12H,4,13H2,1-3H3/b10-8+. The van der Waals surface area contributed by atoms with Gasteiger partial charge in [0.2, 0.25) is 5.91 Å². The molecule has 5 nitrogen and oxygen atoms in total. The fourth-order valence-electron chi connectivity index (χ4n) is 2.19. The molecule has 2 aromatic rings. The zero-order chi connectivity index (χ0) is 16.7. The molecule has 0 bridgehead atoms. The number of carbonyl (C=O) groups excluding carboxylic acids is 1. The van der Waals surface area contributed by atoms with E-state index >= 15 is 0 Å². The molecule has 0 aliphatic carbocycles. The van der Waals surface area contributed by atoms with E-state index in [1.807, 2.05) is 25.1 Å². The molecule has 0 N–H and O–H groups in total. The number of nitrogens with zero attached hydrogens (tertiary/aromatic N) is 1. The Morgan fingerprint density at radius 3 is 2.61 bits per heavy atom. The summed E-state index contributed by atoms with van der Waals surface area (Å²) >= 11 is 0. The highest BCUT2D eigenvalue weighted by Gasteiger charge is 2.11. The summed E-state index contributed by atoms with van der Waals surface area (Å²) in [6.07, 6.45) is 4.76. The average molecular weight is 315 g/mol. The van der Waals surface area contributed by atoms with Crippen molar-refractivity contribution in [1.82, 2.24) is 4.90 Å². The molecule has 0 unspecified atom stereocenters. The minimum Gasteiger partial charge on any atom is -0.493 e. The van der Waals surface area contributed by atoms with Crippen molar-refractivity contribution >= 4 is 12.0 Å². The summed E-state index contributed by atoms with van der Waals surface area (Å²) in [5, 5.41) is 0. The van der Waals surface area contributed by atoms with Crippen molar-refractivity contribution in [3.63, 3.8) is 0 Å². The van der Waals surface area contributed by atoms with Gasteiger partial charge < -0.3 is 18.8 Å². The molecule has 0 fully saturated rings. The number of amides is 1. The predicted octanol–water partition coefficient (Wildman–Crippen LogP) is 3.36. The van der Waals surface area contributed by atoms with Crippen LogP contribution in [0.5, 0.6) is 11.5 Å². The van der Waals surface area contributed by atoms with Gasteiger partial charge >= 0.3 is 0 Å². The molecule has 1 aromatic heterocycles. The van der Waals surface area contributed by atoms with Crippen molar-refractivity contribution in [2.45, 2.75) is 13.5 Å². The topological polar surface area (TPSA) is 51.9 Å². The van der Waals surface area contributed by atoms with E-state index in [2.05, 4.69) is 0 Å². The van der Waals surface area contributed by atoms with Gasteiger partial charge in [-0.3, -0.25) is 4.79 Å². The molecular weight excluding hydrogens is 294 g/mol. The Labute approximate surface area is 136 Å². The molecule has 1 heterocycles. The fourth-order valence-corrected chi connectivity index (χ4v) is 2.19. The Morgan fingerprint density at radius 2 is 2.00 bits per heavy atom. The number of carbonyl (C=O) groups is 1. The van der Waals surface area contributed by atoms with E-state index in [1.54, 1.807) is 43.6 Å². The SMILES string of the molecule is CCN(Cc1ccc(OC)c(OC)c1)C(=O)/C=C/c1ccco1. The van der Waals surface area contributed by atoms with E-state index in [4.69, 9.17) is 13.9 Å². The lowest BCUT2D eigenvalue weighted by Crippen LogP contribution is -2.28. The molecular formula is C18H21NO4. The maximum atomic E-state index is 12.3. The van der Waals surface area contributed by atoms with Crippen LogP contribution >= 0.6 is 0 Å². The third kappa shape index (κ3) is 4.39. The minimum absolute atomic E-state index is 0.0707. The van der Waals surface area contributed by atoms with Crippen LogP contribution in [0, 0.1) is 0 Å². The summed E-state index contributed by atoms with van der Waals surface area (Å²) in [6.45, 7) is 3.05. The van der Waals surface area contributed by atoms with Crippen molar-refractivity contribution in [1.29, 1.82) is 0 Å². The third-order valence-corrected chi connectivity index (χ3v) is 3.45. The maximum Gasteiger partial charge on any atom is 0.246 e. The fraction of sp³-hybridized carbons (Fsp3) is 0.278. The number of methoxy groups -OCH3 is 2. The van der Waals surface area contributed by atoms with E-state index in [0.29, 0.717) is 30.3 Å². The van der Waals surface area contributed by atoms with Gasteiger partial charge in [-0.1, -0.05) is 6.07 Å². The van der Waals surface area contributed by atoms with Crippen molar-refractivity contribution in [2.24, 2.45) is 0 Å². The van der Waals surface area contributed by atoms with Crippen LogP contribution in [-0.4, -0.2) is 31.6 Å². The van der Waals surface area contributed by atoms with Crippen molar-refractivity contribution in [2.75, 3.05) is 20.8 Å². The lowest BCUT2D eigenvalue weighted by Gasteiger charge is -2.20. The lowest BCUT2D eigenvalue weighted by atomic mass is 10.2. The second-order valence-corrected chi connectivity index (χ2v) is 4.89. The maximum absolute atomic E-state index is 12.3. The van der Waals surface area contributed by atoms with E-state index in [1.165, 1.54) is 6.08 Å². The third-order valence-electron chi connectivity index (χ3n) is 3.45. The summed E-state index contributed by atoms with van der Waals surface area (Å²) in [6, 6.07) is 9.23. The molecule has 0 spiro atoms. The molecule has 122 valence electrons. The first kappa shape index (κ1) is 16.7. The number of furan rings is 1. The molecule has 0 aliphatic rings. The summed E-state index contributed by atoms with van der Waals surface area (Å²) in [4.78, 5) is 14.0. The number of ether oxygens (including phenoxy) is 2. The smallest absolute Gasteiger partial charge is 0.246 e. The number of benzene rings is 1. The Kier molecular flexibility index (Phi) is 5.86. The van der Waals surface area contributed by atoms with Gasteiger partial charge in [-0.05, 0) is 42.8 Å². The Balaban J connectivity index is 2.08. The zero-order valence-electron chi connectivity index (χ0n) is 13.6. The molecule has 0 radical (unpaired) electrons. The summed E-state index contributed by atoms with van der Waals surface area (Å²) < 4.78 is 15.7. The average Bonchev–Trinajstić information content (AvgIpc) is 3.10. The van der Waals surface area contributed by atoms with E-state index in [-0.39, 0.29) is 5.91 Å². The van der Waals surface area contributed by atoms with Gasteiger partial charge in [-0.25, -0.2) is 0 Å². The molecule has 23 heavy (non-hydrogen) atoms. The van der Waals surface area contributed by atoms with E-state index in [9.17, 15) is 4.79 Å². The molecule has 0 saturated heterocycles. The monoisotopic (exact) mass is 315 g/mol. The first-order valence-corrected chi connectivity index (χ1v) is 7.39. The molecule has 1 amide bonds. The molecule has 1 aromatic carbocycles. The highest BCUT2D eigenvalue weighted by atomic mass is 16.5. The van der Waals surface area contributed by atoms with Crippen LogP contribution < -0.4 is 9.47 Å². The quantitative estimate of drug-likeness (QED) is 0.735. The van der Waals surface area contributed by atoms with Crippen LogP contribution in [0.25, 0.3) is 6.08 Å². The largest absolute Gasteiger partial charge is 0.493 e. The Morgan fingerprint density at radius 1 is 1.22 bits per heavy atom. The van der Waals surface area contributed by atoms with Gasteiger partial charge in [0.15, 0.2) is 11.5 Å². The van der Waals surface area contributed by atoms with Crippen LogP contribution in [0.2, 0.25) is 0 Å². The highest BCUT2D eigenvalue weighted by molar-refractivity contribution is 5.91. The van der Waals surface area contributed by atoms with Crippen LogP contribution in [0.4, 0.5) is 0 Å². The normalized spacial score (nSPS) is 10.7. The van der Waals surface area contributed by atoms with Crippen LogP contribution in [-0.2, 0) is 11.3 Å². The Bertz CT molecular complexity index is 662. The van der Waals surface area contributed by atoms with Crippen LogP contribution in [0.1, 0.15) is 18.2 Å². The molecule has 0 aliphatic heterocycles. The van der Waals surface area contributed by atoms with E-state index < -0.39 is 0 Å². The van der Waals surface area contributed by atoms with Gasteiger partial charge in [0.05, 0.1) is 20.5 Å². The molecule has 0 atom stereocenters. The van der Waals surface area contributed by atoms with Crippen molar-refractivity contribution in [3.05, 3.63) is 54.0 Å². The van der Waals surface area contributed by atoms with Gasteiger partial charge in [0.25, 0.3) is 0 Å². The van der Waals surface area contributed by atoms with Crippen LogP contribution in [0.3, 0.4) is 0 Å². The molecule has 2 rings (SSSR count). The summed E-state index contributed by atoms with van der Waals surface area (Å²) in [5.74, 6) is 1.90. The predicted molar refractivity (Wildman–Crippen MR) is 88.4 cm³/mol. The van der Waals surface area contributed by atoms with Crippen LogP contribution in [0.15, 0.2) is 47.1 Å². The van der Waals surface area contributed by atoms with Crippen molar-refractivity contribution in [3.8, 4) is 11.5 Å². The highest BCUT2D eigenvalue weighted by Crippen LogP contribution is 2.28. The first-order valence-electron chi connectivity index (χ1n) is 7.39. The minimum atomic E-state index is -0.0707. The summed E-state index contributed by atoms with van der Waals surface area (Å²) in [7, 11) is 3.19. The number of likely N-dealkylation sites (N-methyl/N-ethyl adjacent to an activating group) is 1. The van der Waals surface area contributed by atoms with E-state index in [0.717, 1.165) is 5.56 Å². The second-order valence-electron chi connectivity index (χ2n) is 4.89. The van der Waals surface area contributed by atoms with Gasteiger partial charge in [0, 0.05) is 19.2 Å². The molecule has 0 saturated carbocycles. The van der Waals surface area contributed by atoms with Crippen molar-refractivity contribution < 1.29 is 18.7 Å². The zero-order valence-corrected chi connectivity index (χ0v) is 13.6. The Hall–Kier alpha value is -2.69. The van der Waals surface area contributed by atoms with Gasteiger partial charge in [-0.2, -0.15) is 0 Å². The first-order chi connectivity index (χ1) is 11.2. The number of rotatable bonds is 7. The lowest BCUT2D eigenvalue weighted by molar-refractivity contribution is -0.126. The summed E-state index contributed by atoms with van der Waals surface area (Å²) in [5.41, 5.74) is 0.976. The number of hydrogen-bond donors (Lipinski definition) is 0. The second kappa shape index (κ2) is 8.08. The van der Waals surface area contributed by atoms with Gasteiger partial charge in [0.1, 0.15) is 5.76 Å². The van der Waals surface area contributed by atoms with Gasteiger partial charge in [-0.15, -0.1) is 0 Å².